The van der Waals surface area contributed by atoms with Gasteiger partial charge in [-0.25, -0.2) is 0 Å². The monoisotopic (exact) mass is 255 g/mol. The molecule has 0 amide bonds. The Balaban J connectivity index is 1.59. The molecule has 18 heavy (non-hydrogen) atoms. The van der Waals surface area contributed by atoms with Crippen LogP contribution in [0.15, 0.2) is 0 Å². The molecule has 2 heterocycles. The highest BCUT2D eigenvalue weighted by atomic mass is 16.5. The third kappa shape index (κ3) is 4.50. The van der Waals surface area contributed by atoms with Gasteiger partial charge in [0.15, 0.2) is 0 Å². The lowest BCUT2D eigenvalue weighted by Crippen LogP contribution is -2.49. The summed E-state index contributed by atoms with van der Waals surface area (Å²) in [7, 11) is 0. The Labute approximate surface area is 112 Å². The van der Waals surface area contributed by atoms with E-state index in [0.717, 1.165) is 38.9 Å². The molecule has 0 bridgehead atoms. The van der Waals surface area contributed by atoms with Crippen LogP contribution in [-0.2, 0) is 4.74 Å². The van der Waals surface area contributed by atoms with Gasteiger partial charge in [0, 0.05) is 51.9 Å². The van der Waals surface area contributed by atoms with Crippen molar-refractivity contribution in [2.45, 2.75) is 26.3 Å². The second-order valence-electron chi connectivity index (χ2n) is 6.00. The van der Waals surface area contributed by atoms with Crippen LogP contribution >= 0.6 is 0 Å². The lowest BCUT2D eigenvalue weighted by atomic mass is 10.2. The fraction of sp³-hybridized carbons (Fsp3) is 1.00. The largest absolute Gasteiger partial charge is 0.380 e. The maximum absolute atomic E-state index is 5.67. The molecule has 0 radical (unpaired) electrons. The molecule has 0 aromatic carbocycles. The number of nitrogens with one attached hydrogen (secondary N) is 1. The molecule has 4 heteroatoms. The molecule has 2 fully saturated rings. The first-order chi connectivity index (χ1) is 8.75. The van der Waals surface area contributed by atoms with E-state index in [-0.39, 0.29) is 0 Å². The molecule has 0 spiro atoms. The van der Waals surface area contributed by atoms with E-state index in [4.69, 9.17) is 4.74 Å². The summed E-state index contributed by atoms with van der Waals surface area (Å²) >= 11 is 0. The van der Waals surface area contributed by atoms with Crippen molar-refractivity contribution < 1.29 is 4.74 Å². The van der Waals surface area contributed by atoms with Crippen LogP contribution in [0.25, 0.3) is 0 Å². The molecular formula is C14H29N3O. The van der Waals surface area contributed by atoms with Gasteiger partial charge in [-0.15, -0.1) is 0 Å². The van der Waals surface area contributed by atoms with Crippen molar-refractivity contribution in [2.24, 2.45) is 5.92 Å². The van der Waals surface area contributed by atoms with Gasteiger partial charge in [-0.05, 0) is 18.9 Å². The fourth-order valence-electron chi connectivity index (χ4n) is 2.87. The lowest BCUT2D eigenvalue weighted by molar-refractivity contribution is 0.0879. The van der Waals surface area contributed by atoms with Gasteiger partial charge in [-0.2, -0.15) is 0 Å². The van der Waals surface area contributed by atoms with Crippen molar-refractivity contribution in [1.82, 2.24) is 15.1 Å². The van der Waals surface area contributed by atoms with Crippen LogP contribution in [0.2, 0.25) is 0 Å². The summed E-state index contributed by atoms with van der Waals surface area (Å²) in [5.41, 5.74) is 0. The minimum absolute atomic E-state index is 0.650. The molecule has 0 saturated carbocycles. The highest BCUT2D eigenvalue weighted by molar-refractivity contribution is 4.85. The maximum atomic E-state index is 5.67. The second kappa shape index (κ2) is 7.43. The van der Waals surface area contributed by atoms with Crippen LogP contribution in [0, 0.1) is 5.92 Å². The Morgan fingerprint density at radius 1 is 1.22 bits per heavy atom. The van der Waals surface area contributed by atoms with Crippen molar-refractivity contribution in [3.05, 3.63) is 0 Å². The van der Waals surface area contributed by atoms with Crippen LogP contribution in [-0.4, -0.2) is 74.9 Å². The summed E-state index contributed by atoms with van der Waals surface area (Å²) in [6, 6.07) is 0.789. The van der Waals surface area contributed by atoms with Gasteiger partial charge in [0.1, 0.15) is 0 Å². The van der Waals surface area contributed by atoms with Crippen LogP contribution < -0.4 is 5.32 Å². The predicted octanol–water partition coefficient (Wildman–Crippen LogP) is 0.639. The zero-order chi connectivity index (χ0) is 12.8. The quantitative estimate of drug-likeness (QED) is 0.705. The molecule has 2 aliphatic heterocycles. The first kappa shape index (κ1) is 14.3. The number of likely N-dealkylation sites (tertiary alicyclic amines) is 1. The summed E-state index contributed by atoms with van der Waals surface area (Å²) in [4.78, 5) is 5.22. The normalized spacial score (nSPS) is 27.2. The van der Waals surface area contributed by atoms with Gasteiger partial charge in [0.05, 0.1) is 6.61 Å². The highest BCUT2D eigenvalue weighted by Crippen LogP contribution is 2.15. The molecule has 2 rings (SSSR count). The third-order valence-electron chi connectivity index (χ3n) is 3.92. The number of nitrogens with zero attached hydrogens (tertiary/aromatic N) is 2. The highest BCUT2D eigenvalue weighted by Gasteiger charge is 2.27. The fourth-order valence-corrected chi connectivity index (χ4v) is 2.87. The van der Waals surface area contributed by atoms with E-state index in [1.165, 1.54) is 32.6 Å². The molecule has 0 aliphatic carbocycles. The Morgan fingerprint density at radius 2 is 2.00 bits per heavy atom. The van der Waals surface area contributed by atoms with E-state index in [9.17, 15) is 0 Å². The van der Waals surface area contributed by atoms with Crippen LogP contribution in [0.4, 0.5) is 0 Å². The maximum Gasteiger partial charge on any atom is 0.0593 e. The van der Waals surface area contributed by atoms with Gasteiger partial charge in [-0.1, -0.05) is 13.8 Å². The molecular weight excluding hydrogens is 226 g/mol. The summed E-state index contributed by atoms with van der Waals surface area (Å²) in [6.07, 6.45) is 1.34. The molecule has 2 aliphatic rings. The molecule has 1 N–H and O–H groups in total. The van der Waals surface area contributed by atoms with Crippen LogP contribution in [0.3, 0.4) is 0 Å². The van der Waals surface area contributed by atoms with Gasteiger partial charge < -0.3 is 10.1 Å². The van der Waals surface area contributed by atoms with Gasteiger partial charge in [-0.3, -0.25) is 9.80 Å². The van der Waals surface area contributed by atoms with E-state index >= 15 is 0 Å². The topological polar surface area (TPSA) is 27.7 Å². The summed E-state index contributed by atoms with van der Waals surface area (Å²) < 4.78 is 5.67. The Kier molecular flexibility index (Phi) is 5.89. The zero-order valence-electron chi connectivity index (χ0n) is 12.0. The first-order valence-corrected chi connectivity index (χ1v) is 7.50. The van der Waals surface area contributed by atoms with Crippen LogP contribution in [0.1, 0.15) is 20.3 Å². The zero-order valence-corrected chi connectivity index (χ0v) is 12.0. The van der Waals surface area contributed by atoms with E-state index < -0.39 is 0 Å². The molecule has 0 aromatic heterocycles. The van der Waals surface area contributed by atoms with Crippen molar-refractivity contribution >= 4 is 0 Å². The lowest BCUT2D eigenvalue weighted by Gasteiger charge is -2.32. The second-order valence-corrected chi connectivity index (χ2v) is 6.00. The number of hydrogen-bond acceptors (Lipinski definition) is 4. The molecule has 106 valence electrons. The molecule has 4 nitrogen and oxygen atoms in total. The molecule has 1 atom stereocenters. The average Bonchev–Trinajstić information content (AvgIpc) is 2.84. The molecule has 2 saturated heterocycles. The minimum atomic E-state index is 0.650. The predicted molar refractivity (Wildman–Crippen MR) is 74.9 cm³/mol. The van der Waals surface area contributed by atoms with Gasteiger partial charge in [0.25, 0.3) is 0 Å². The van der Waals surface area contributed by atoms with Gasteiger partial charge in [0.2, 0.25) is 0 Å². The van der Waals surface area contributed by atoms with Crippen molar-refractivity contribution in [3.8, 4) is 0 Å². The van der Waals surface area contributed by atoms with E-state index in [0.29, 0.717) is 5.92 Å². The Morgan fingerprint density at radius 3 is 2.72 bits per heavy atom. The Hall–Kier alpha value is -0.160. The van der Waals surface area contributed by atoms with E-state index in [1.807, 2.05) is 0 Å². The Bertz CT molecular complexity index is 229. The van der Waals surface area contributed by atoms with Crippen molar-refractivity contribution in [3.63, 3.8) is 0 Å². The molecule has 0 aromatic rings. The average molecular weight is 255 g/mol. The number of hydrogen-bond donors (Lipinski definition) is 1. The van der Waals surface area contributed by atoms with E-state index in [2.05, 4.69) is 29.0 Å². The minimum Gasteiger partial charge on any atom is -0.380 e. The number of piperazine rings is 1. The SMILES string of the molecule is CC(C)COCCN1CCC(N2CCNCC2)C1. The third-order valence-corrected chi connectivity index (χ3v) is 3.92. The summed E-state index contributed by atoms with van der Waals surface area (Å²) in [6.45, 7) is 14.6. The standard InChI is InChI=1S/C14H29N3O/c1-13(2)12-18-10-9-16-6-3-14(11-16)17-7-4-15-5-8-17/h13-15H,3-12H2,1-2H3. The smallest absolute Gasteiger partial charge is 0.0593 e. The van der Waals surface area contributed by atoms with E-state index in [1.54, 1.807) is 0 Å². The summed E-state index contributed by atoms with van der Waals surface area (Å²) in [5.74, 6) is 0.650. The first-order valence-electron chi connectivity index (χ1n) is 7.50. The number of ether oxygens (including phenoxy) is 1. The van der Waals surface area contributed by atoms with Gasteiger partial charge >= 0.3 is 0 Å². The van der Waals surface area contributed by atoms with Crippen LogP contribution in [0.5, 0.6) is 0 Å². The molecule has 1 unspecified atom stereocenters. The van der Waals surface area contributed by atoms with Crippen molar-refractivity contribution in [2.75, 3.05) is 59.0 Å². The number of rotatable bonds is 6. The summed E-state index contributed by atoms with van der Waals surface area (Å²) in [5, 5.41) is 3.43. The van der Waals surface area contributed by atoms with Crippen molar-refractivity contribution in [1.29, 1.82) is 0 Å².